The molecule has 2 aromatic rings. The maximum atomic E-state index is 13.1. The van der Waals surface area contributed by atoms with E-state index in [4.69, 9.17) is 10.5 Å². The van der Waals surface area contributed by atoms with Gasteiger partial charge in [-0.1, -0.05) is 18.6 Å². The van der Waals surface area contributed by atoms with Gasteiger partial charge in [0.2, 0.25) is 5.95 Å². The second-order valence-electron chi connectivity index (χ2n) is 8.30. The Hall–Kier alpha value is -3.27. The first-order chi connectivity index (χ1) is 16.5. The lowest BCUT2D eigenvalue weighted by molar-refractivity contribution is -0.145. The third-order valence-corrected chi connectivity index (χ3v) is 5.54. The number of aromatic nitrogens is 2. The number of carbonyl (C=O) groups excluding carboxylic acids is 2. The first kappa shape index (κ1) is 25.4. The Balaban J connectivity index is 1.65. The topological polar surface area (TPSA) is 131 Å². The van der Waals surface area contributed by atoms with E-state index >= 15 is 0 Å². The Morgan fingerprint density at radius 1 is 1.09 bits per heavy atom. The van der Waals surface area contributed by atoms with E-state index in [2.05, 4.69) is 25.9 Å². The number of rotatable bonds is 3. The zero-order valence-corrected chi connectivity index (χ0v) is 19.3. The first-order valence-electron chi connectivity index (χ1n) is 11.8. The highest BCUT2D eigenvalue weighted by molar-refractivity contribution is 5.98. The molecule has 0 saturated carbocycles. The summed E-state index contributed by atoms with van der Waals surface area (Å²) in [5, 5.41) is 9.24. The largest absolute Gasteiger partial charge is 0.465 e. The number of nitrogens with one attached hydrogen (secondary N) is 3. The number of amides is 1. The fourth-order valence-electron chi connectivity index (χ4n) is 3.52. The van der Waals surface area contributed by atoms with Crippen LogP contribution in [0.15, 0.2) is 30.5 Å². The number of esters is 1. The van der Waals surface area contributed by atoms with Crippen molar-refractivity contribution >= 4 is 23.6 Å². The minimum atomic E-state index is -0.624. The molecule has 10 heteroatoms. The highest BCUT2D eigenvalue weighted by Gasteiger charge is 2.16. The van der Waals surface area contributed by atoms with Gasteiger partial charge in [0.1, 0.15) is 23.2 Å². The fraction of sp³-hybridized carbons (Fsp3) is 0.500. The van der Waals surface area contributed by atoms with E-state index in [1.807, 2.05) is 0 Å². The zero-order chi connectivity index (χ0) is 24.2. The molecule has 0 spiro atoms. The van der Waals surface area contributed by atoms with E-state index in [9.17, 15) is 14.0 Å². The van der Waals surface area contributed by atoms with Crippen LogP contribution in [-0.4, -0.2) is 47.6 Å². The van der Waals surface area contributed by atoms with Gasteiger partial charge < -0.3 is 26.4 Å². The molecule has 184 valence electrons. The molecule has 3 rings (SSSR count). The van der Waals surface area contributed by atoms with Crippen molar-refractivity contribution in [2.24, 2.45) is 5.73 Å². The van der Waals surface area contributed by atoms with Gasteiger partial charge >= 0.3 is 5.97 Å². The van der Waals surface area contributed by atoms with Crippen LogP contribution in [0.5, 0.6) is 0 Å². The number of cyclic esters (lactones) is 1. The Labute approximate surface area is 199 Å². The smallest absolute Gasteiger partial charge is 0.322 e. The summed E-state index contributed by atoms with van der Waals surface area (Å²) in [6.45, 7) is 1.90. The van der Waals surface area contributed by atoms with Crippen molar-refractivity contribution in [2.75, 3.05) is 30.3 Å². The van der Waals surface area contributed by atoms with E-state index < -0.39 is 6.04 Å². The Morgan fingerprint density at radius 3 is 2.65 bits per heavy atom. The van der Waals surface area contributed by atoms with Gasteiger partial charge in [0.25, 0.3) is 5.91 Å². The summed E-state index contributed by atoms with van der Waals surface area (Å²) in [6, 6.07) is 5.33. The molecule has 2 heterocycles. The molecular formula is C24H33FN6O3. The maximum Gasteiger partial charge on any atom is 0.322 e. The number of benzene rings is 1. The predicted molar refractivity (Wildman–Crippen MR) is 128 cm³/mol. The number of nitrogens with two attached hydrogens (primary N) is 1. The monoisotopic (exact) mass is 472 g/mol. The number of ether oxygens (including phenoxy) is 1. The molecular weight excluding hydrogens is 439 g/mol. The quantitative estimate of drug-likeness (QED) is 0.502. The van der Waals surface area contributed by atoms with E-state index in [0.29, 0.717) is 43.4 Å². The number of hydrogen-bond donors (Lipinski definition) is 4. The summed E-state index contributed by atoms with van der Waals surface area (Å²) < 4.78 is 18.4. The molecule has 2 bridgehead atoms. The van der Waals surface area contributed by atoms with Gasteiger partial charge in [-0.05, 0) is 56.2 Å². The SMILES string of the molecule is N[C@H]1CCCCNc2nc(ncc2C(=O)NCc2ccc(F)cc2)NCCCCCCOC1=O. The maximum absolute atomic E-state index is 13.1. The van der Waals surface area contributed by atoms with Gasteiger partial charge in [0, 0.05) is 25.8 Å². The summed E-state index contributed by atoms with van der Waals surface area (Å²) in [5.74, 6) is -0.122. The van der Waals surface area contributed by atoms with Crippen molar-refractivity contribution in [3.63, 3.8) is 0 Å². The summed E-state index contributed by atoms with van der Waals surface area (Å²) in [6.07, 6.45) is 7.15. The van der Waals surface area contributed by atoms with Crippen LogP contribution in [0, 0.1) is 5.82 Å². The molecule has 0 saturated heterocycles. The third kappa shape index (κ3) is 8.26. The van der Waals surface area contributed by atoms with Gasteiger partial charge in [-0.25, -0.2) is 9.37 Å². The Kier molecular flexibility index (Phi) is 10.0. The zero-order valence-electron chi connectivity index (χ0n) is 19.3. The second kappa shape index (κ2) is 13.4. The molecule has 0 unspecified atom stereocenters. The molecule has 1 amide bonds. The Morgan fingerprint density at radius 2 is 1.82 bits per heavy atom. The van der Waals surface area contributed by atoms with Gasteiger partial charge in [0.05, 0.1) is 6.61 Å². The molecule has 5 N–H and O–H groups in total. The molecule has 9 nitrogen and oxygen atoms in total. The highest BCUT2D eigenvalue weighted by atomic mass is 19.1. The van der Waals surface area contributed by atoms with Crippen LogP contribution < -0.4 is 21.7 Å². The van der Waals surface area contributed by atoms with Gasteiger partial charge in [-0.2, -0.15) is 4.98 Å². The van der Waals surface area contributed by atoms with Crippen molar-refractivity contribution < 1.29 is 18.7 Å². The van der Waals surface area contributed by atoms with Crippen LogP contribution in [0.25, 0.3) is 0 Å². The van der Waals surface area contributed by atoms with Crippen molar-refractivity contribution in [3.8, 4) is 0 Å². The van der Waals surface area contributed by atoms with Crippen molar-refractivity contribution in [3.05, 3.63) is 47.4 Å². The number of halogens is 1. The van der Waals surface area contributed by atoms with E-state index in [-0.39, 0.29) is 24.2 Å². The molecule has 1 aromatic carbocycles. The first-order valence-corrected chi connectivity index (χ1v) is 11.8. The van der Waals surface area contributed by atoms with Crippen LogP contribution in [-0.2, 0) is 16.1 Å². The van der Waals surface area contributed by atoms with Crippen LogP contribution in [0.3, 0.4) is 0 Å². The predicted octanol–water partition coefficient (Wildman–Crippen LogP) is 2.98. The second-order valence-corrected chi connectivity index (χ2v) is 8.30. The molecule has 34 heavy (non-hydrogen) atoms. The van der Waals surface area contributed by atoms with Crippen molar-refractivity contribution in [1.82, 2.24) is 15.3 Å². The van der Waals surface area contributed by atoms with E-state index in [0.717, 1.165) is 44.1 Å². The van der Waals surface area contributed by atoms with Crippen LogP contribution in [0.1, 0.15) is 60.9 Å². The van der Waals surface area contributed by atoms with Gasteiger partial charge in [-0.15, -0.1) is 0 Å². The molecule has 1 atom stereocenters. The van der Waals surface area contributed by atoms with E-state index in [1.54, 1.807) is 12.1 Å². The van der Waals surface area contributed by atoms with Crippen molar-refractivity contribution in [1.29, 1.82) is 0 Å². The molecule has 1 aliphatic heterocycles. The highest BCUT2D eigenvalue weighted by Crippen LogP contribution is 2.16. The van der Waals surface area contributed by atoms with Gasteiger partial charge in [0.15, 0.2) is 0 Å². The molecule has 1 aromatic heterocycles. The van der Waals surface area contributed by atoms with Crippen molar-refractivity contribution in [2.45, 2.75) is 57.5 Å². The van der Waals surface area contributed by atoms with Crippen LogP contribution in [0.2, 0.25) is 0 Å². The average molecular weight is 473 g/mol. The standard InChI is InChI=1S/C24H33FN6O3/c25-18-10-8-17(9-11-18)15-29-22(32)19-16-30-24-28-13-4-1-2-6-14-34-23(33)20(26)7-3-5-12-27-21(19)31-24/h8-11,16,20H,1-7,12-15,26H2,(H,29,32)(H2,27,28,30,31)/t20-/m0/s1. The van der Waals surface area contributed by atoms with Gasteiger partial charge in [-0.3, -0.25) is 9.59 Å². The Bertz CT molecular complexity index is 941. The molecule has 1 aliphatic rings. The number of fused-ring (bicyclic) bond motifs is 2. The summed E-state index contributed by atoms with van der Waals surface area (Å²) >= 11 is 0. The minimum absolute atomic E-state index is 0.256. The van der Waals surface area contributed by atoms with E-state index in [1.165, 1.54) is 18.3 Å². The summed E-state index contributed by atoms with van der Waals surface area (Å²) in [4.78, 5) is 33.6. The fourth-order valence-corrected chi connectivity index (χ4v) is 3.52. The molecule has 0 radical (unpaired) electrons. The van der Waals surface area contributed by atoms with Crippen LogP contribution >= 0.6 is 0 Å². The number of carbonyl (C=O) groups is 2. The molecule has 0 aliphatic carbocycles. The average Bonchev–Trinajstić information content (AvgIpc) is 2.84. The third-order valence-electron chi connectivity index (χ3n) is 5.54. The lowest BCUT2D eigenvalue weighted by Gasteiger charge is -2.15. The van der Waals surface area contributed by atoms with Crippen LogP contribution in [0.4, 0.5) is 16.2 Å². The number of anilines is 2. The summed E-state index contributed by atoms with van der Waals surface area (Å²) in [7, 11) is 0. The molecule has 0 fully saturated rings. The number of hydrogen-bond acceptors (Lipinski definition) is 8. The lowest BCUT2D eigenvalue weighted by atomic mass is 10.1. The minimum Gasteiger partial charge on any atom is -0.465 e. The number of nitrogens with zero attached hydrogens (tertiary/aromatic N) is 2. The normalized spacial score (nSPS) is 18.4. The lowest BCUT2D eigenvalue weighted by Crippen LogP contribution is -2.32. The summed E-state index contributed by atoms with van der Waals surface area (Å²) in [5.41, 5.74) is 7.04.